The maximum atomic E-state index is 13.4. The molecule has 0 fully saturated rings. The summed E-state index contributed by atoms with van der Waals surface area (Å²) in [5, 5.41) is 16.0. The quantitative estimate of drug-likeness (QED) is 0.115. The summed E-state index contributed by atoms with van der Waals surface area (Å²) in [6.45, 7) is 18.9. The Balaban J connectivity index is 2.51. The van der Waals surface area contributed by atoms with Crippen LogP contribution in [-0.2, 0) is 15.3 Å². The van der Waals surface area contributed by atoms with Gasteiger partial charge in [-0.2, -0.15) is 16.7 Å². The second-order valence-corrected chi connectivity index (χ2v) is 18.2. The fourth-order valence-electron chi connectivity index (χ4n) is 4.20. The molecule has 0 spiro atoms. The van der Waals surface area contributed by atoms with Gasteiger partial charge < -0.3 is 28.8 Å². The molecule has 0 aliphatic rings. The summed E-state index contributed by atoms with van der Waals surface area (Å²) in [6.07, 6.45) is 1.51. The van der Waals surface area contributed by atoms with Crippen LogP contribution in [0.2, 0.25) is 18.1 Å². The number of aromatic nitrogens is 2. The molecule has 1 atom stereocenters. The Bertz CT molecular complexity index is 1290. The molecule has 44 heavy (non-hydrogen) atoms. The molecule has 2 N–H and O–H groups in total. The summed E-state index contributed by atoms with van der Waals surface area (Å²) < 4.78 is 23.9. The second kappa shape index (κ2) is 16.8. The fraction of sp³-hybridized carbons (Fsp3) is 0.600. The SMILES string of the molecule is C=CCOC(=O)c1c(Br)c(OC)cc(O[Si](C)(C)C(C)(C)C(C)C)c1CSC[C@H](NC(=O)CN(C)CCO)c1nc(C)no1. The Morgan fingerprint density at radius 3 is 2.55 bits per heavy atom. The number of nitrogens with one attached hydrogen (secondary N) is 1. The summed E-state index contributed by atoms with van der Waals surface area (Å²) in [4.78, 5) is 32.3. The predicted octanol–water partition coefficient (Wildman–Crippen LogP) is 5.53. The number of methoxy groups -OCH3 is 1. The zero-order valence-electron chi connectivity index (χ0n) is 27.3. The lowest BCUT2D eigenvalue weighted by Gasteiger charge is -2.43. The number of esters is 1. The molecular weight excluding hydrogens is 668 g/mol. The minimum absolute atomic E-state index is 0.0429. The monoisotopic (exact) mass is 714 g/mol. The fourth-order valence-corrected chi connectivity index (χ4v) is 8.33. The molecule has 1 heterocycles. The molecule has 2 aromatic rings. The summed E-state index contributed by atoms with van der Waals surface area (Å²) in [6, 6.07) is 1.22. The molecule has 0 aliphatic carbocycles. The van der Waals surface area contributed by atoms with Crippen molar-refractivity contribution >= 4 is 47.9 Å². The topological polar surface area (TPSA) is 136 Å². The van der Waals surface area contributed by atoms with Gasteiger partial charge in [0.2, 0.25) is 11.8 Å². The third kappa shape index (κ3) is 9.80. The van der Waals surface area contributed by atoms with E-state index in [2.05, 4.69) is 78.8 Å². The number of carbonyl (C=O) groups excluding carboxylic acids is 2. The normalized spacial score (nSPS) is 12.8. The maximum absolute atomic E-state index is 13.4. The predicted molar refractivity (Wildman–Crippen MR) is 179 cm³/mol. The zero-order valence-corrected chi connectivity index (χ0v) is 30.7. The van der Waals surface area contributed by atoms with Crippen LogP contribution in [0.5, 0.6) is 11.5 Å². The Labute approximate surface area is 274 Å². The molecule has 2 rings (SSSR count). The van der Waals surface area contributed by atoms with E-state index >= 15 is 0 Å². The van der Waals surface area contributed by atoms with Gasteiger partial charge in [0.15, 0.2) is 5.82 Å². The first-order chi connectivity index (χ1) is 20.6. The average molecular weight is 716 g/mol. The van der Waals surface area contributed by atoms with Crippen molar-refractivity contribution in [3.8, 4) is 11.5 Å². The van der Waals surface area contributed by atoms with Crippen LogP contribution in [0.15, 0.2) is 27.7 Å². The summed E-state index contributed by atoms with van der Waals surface area (Å²) in [7, 11) is 0.866. The van der Waals surface area contributed by atoms with Crippen molar-refractivity contribution in [2.45, 2.75) is 64.5 Å². The Morgan fingerprint density at radius 2 is 2.00 bits per heavy atom. The van der Waals surface area contributed by atoms with Crippen LogP contribution in [0, 0.1) is 12.8 Å². The number of hydrogen-bond donors (Lipinski definition) is 2. The van der Waals surface area contributed by atoms with Crippen LogP contribution in [0.3, 0.4) is 0 Å². The average Bonchev–Trinajstić information content (AvgIpc) is 3.38. The molecule has 0 radical (unpaired) electrons. The summed E-state index contributed by atoms with van der Waals surface area (Å²) >= 11 is 5.04. The minimum Gasteiger partial charge on any atom is -0.543 e. The lowest BCUT2D eigenvalue weighted by molar-refractivity contribution is -0.122. The van der Waals surface area contributed by atoms with Gasteiger partial charge in [-0.05, 0) is 54.0 Å². The van der Waals surface area contributed by atoms with Gasteiger partial charge in [0, 0.05) is 29.7 Å². The van der Waals surface area contributed by atoms with Crippen molar-refractivity contribution in [2.24, 2.45) is 5.92 Å². The third-order valence-corrected chi connectivity index (χ3v) is 14.3. The lowest BCUT2D eigenvalue weighted by atomic mass is 9.99. The minimum atomic E-state index is -2.42. The van der Waals surface area contributed by atoms with E-state index < -0.39 is 20.3 Å². The van der Waals surface area contributed by atoms with Crippen molar-refractivity contribution in [3.05, 3.63) is 46.0 Å². The maximum Gasteiger partial charge on any atom is 0.340 e. The van der Waals surface area contributed by atoms with Crippen molar-refractivity contribution in [3.63, 3.8) is 0 Å². The van der Waals surface area contributed by atoms with Crippen molar-refractivity contribution in [1.82, 2.24) is 20.4 Å². The molecule has 11 nitrogen and oxygen atoms in total. The number of aliphatic hydroxyl groups excluding tert-OH is 1. The van der Waals surface area contributed by atoms with Crippen LogP contribution in [0.1, 0.15) is 61.4 Å². The van der Waals surface area contributed by atoms with Gasteiger partial charge in [-0.3, -0.25) is 9.69 Å². The number of amides is 1. The highest BCUT2D eigenvalue weighted by molar-refractivity contribution is 9.10. The van der Waals surface area contributed by atoms with Crippen LogP contribution >= 0.6 is 27.7 Å². The Kier molecular flexibility index (Phi) is 14.4. The van der Waals surface area contributed by atoms with E-state index in [4.69, 9.17) is 18.4 Å². The molecule has 1 aromatic carbocycles. The van der Waals surface area contributed by atoms with Gasteiger partial charge in [-0.25, -0.2) is 4.79 Å². The molecule has 0 bridgehead atoms. The Hall–Kier alpha value is -2.39. The number of carbonyl (C=O) groups is 2. The summed E-state index contributed by atoms with van der Waals surface area (Å²) in [5.41, 5.74) is 0.951. The van der Waals surface area contributed by atoms with E-state index in [9.17, 15) is 14.7 Å². The first kappa shape index (κ1) is 37.8. The van der Waals surface area contributed by atoms with Crippen molar-refractivity contribution in [1.29, 1.82) is 0 Å². The highest BCUT2D eigenvalue weighted by Crippen LogP contribution is 2.47. The van der Waals surface area contributed by atoms with E-state index in [0.29, 0.717) is 56.9 Å². The van der Waals surface area contributed by atoms with E-state index in [1.807, 2.05) is 6.07 Å². The van der Waals surface area contributed by atoms with Gasteiger partial charge in [0.25, 0.3) is 8.32 Å². The molecular formula is C30H47BrN4O7SSi. The number of ether oxygens (including phenoxy) is 2. The largest absolute Gasteiger partial charge is 0.543 e. The molecule has 0 saturated heterocycles. The number of benzene rings is 1. The van der Waals surface area contributed by atoms with E-state index in [0.717, 1.165) is 0 Å². The lowest BCUT2D eigenvalue weighted by Crippen LogP contribution is -2.48. The number of nitrogens with zero attached hydrogens (tertiary/aromatic N) is 3. The number of halogens is 1. The number of hydrogen-bond acceptors (Lipinski definition) is 11. The smallest absolute Gasteiger partial charge is 0.340 e. The molecule has 246 valence electrons. The van der Waals surface area contributed by atoms with E-state index in [-0.39, 0.29) is 36.6 Å². The number of thioether (sulfide) groups is 1. The number of likely N-dealkylation sites (N-methyl/N-ethyl adjacent to an activating group) is 1. The molecule has 0 unspecified atom stereocenters. The second-order valence-electron chi connectivity index (χ2n) is 11.9. The van der Waals surface area contributed by atoms with Gasteiger partial charge in [0.1, 0.15) is 24.1 Å². The van der Waals surface area contributed by atoms with Crippen molar-refractivity contribution < 1.29 is 33.1 Å². The van der Waals surface area contributed by atoms with Gasteiger partial charge >= 0.3 is 5.97 Å². The first-order valence-corrected chi connectivity index (χ1v) is 19.3. The Morgan fingerprint density at radius 1 is 1.32 bits per heavy atom. The molecule has 1 aromatic heterocycles. The summed E-state index contributed by atoms with van der Waals surface area (Å²) in [5.74, 6) is 1.99. The first-order valence-electron chi connectivity index (χ1n) is 14.4. The van der Waals surface area contributed by atoms with Gasteiger partial charge in [-0.1, -0.05) is 45.5 Å². The zero-order chi connectivity index (χ0) is 33.2. The number of rotatable bonds is 18. The standard InChI is InChI=1S/C30H47BrN4O7SSi/c1-11-14-40-29(38)26-21(23(15-24(39-8)27(26)31)42-44(9,10)30(5,6)19(2)3)17-43-18-22(28-32-20(4)34-41-28)33-25(37)16-35(7)12-13-36/h11,15,19,22,36H,1,12-14,16-18H2,2-10H3,(H,33,37)/t22-/m0/s1. The number of aliphatic hydroxyl groups is 1. The third-order valence-electron chi connectivity index (χ3n) is 8.02. The molecule has 0 saturated carbocycles. The van der Waals surface area contributed by atoms with E-state index in [1.165, 1.54) is 24.9 Å². The van der Waals surface area contributed by atoms with Gasteiger partial charge in [0.05, 0.1) is 30.3 Å². The highest BCUT2D eigenvalue weighted by atomic mass is 79.9. The van der Waals surface area contributed by atoms with Crippen LogP contribution in [0.25, 0.3) is 0 Å². The molecule has 14 heteroatoms. The highest BCUT2D eigenvalue weighted by Gasteiger charge is 2.45. The van der Waals surface area contributed by atoms with Crippen LogP contribution in [0.4, 0.5) is 0 Å². The van der Waals surface area contributed by atoms with Crippen LogP contribution < -0.4 is 14.5 Å². The molecule has 1 amide bonds. The van der Waals surface area contributed by atoms with Gasteiger partial charge in [-0.15, -0.1) is 0 Å². The molecule has 0 aliphatic heterocycles. The van der Waals surface area contributed by atoms with E-state index in [1.54, 1.807) is 18.9 Å². The van der Waals surface area contributed by atoms with Crippen molar-refractivity contribution in [2.75, 3.05) is 46.2 Å². The number of aryl methyl sites for hydroxylation is 1. The van der Waals surface area contributed by atoms with Crippen LogP contribution in [-0.4, -0.2) is 86.6 Å².